The van der Waals surface area contributed by atoms with Gasteiger partial charge in [0.2, 0.25) is 0 Å². The first kappa shape index (κ1) is 13.1. The maximum absolute atomic E-state index is 3.19. The minimum Gasteiger partial charge on any atom is -0.208 e. The molecule has 0 aliphatic rings. The van der Waals surface area contributed by atoms with E-state index in [1.54, 1.807) is 0 Å². The summed E-state index contributed by atoms with van der Waals surface area (Å²) in [6.07, 6.45) is 4.11. The molecule has 0 unspecified atom stereocenters. The quantitative estimate of drug-likeness (QED) is 0.470. The Hall–Kier alpha value is -2.85. The fraction of sp³-hybridized carbons (Fsp3) is 0.0500. The topological polar surface area (TPSA) is 3.88 Å². The lowest BCUT2D eigenvalue weighted by molar-refractivity contribution is -0.671. The lowest BCUT2D eigenvalue weighted by Gasteiger charge is -2.00. The summed E-state index contributed by atoms with van der Waals surface area (Å²) in [4.78, 5) is 0. The summed E-state index contributed by atoms with van der Waals surface area (Å²) in [6.45, 7) is 0. The lowest BCUT2D eigenvalue weighted by Crippen LogP contribution is -2.25. The molecule has 1 aromatic heterocycles. The van der Waals surface area contributed by atoms with Gasteiger partial charge in [0, 0.05) is 23.3 Å². The molecule has 100 valence electrons. The Morgan fingerprint density at radius 3 is 1.76 bits per heavy atom. The second kappa shape index (κ2) is 6.07. The van der Waals surface area contributed by atoms with Gasteiger partial charge in [-0.05, 0) is 35.4 Å². The summed E-state index contributed by atoms with van der Waals surface area (Å²) in [5.74, 6) is 6.37. The van der Waals surface area contributed by atoms with Gasteiger partial charge in [0.05, 0.1) is 0 Å². The van der Waals surface area contributed by atoms with Crippen LogP contribution in [0.3, 0.4) is 0 Å². The van der Waals surface area contributed by atoms with E-state index in [9.17, 15) is 0 Å². The zero-order valence-corrected chi connectivity index (χ0v) is 12.0. The SMILES string of the molecule is C[n+]1ccc(-c2ccc(C#Cc3ccccc3)cc2)cc1. The highest BCUT2D eigenvalue weighted by atomic mass is 14.9. The van der Waals surface area contributed by atoms with Gasteiger partial charge in [0.1, 0.15) is 7.05 Å². The van der Waals surface area contributed by atoms with Crippen LogP contribution < -0.4 is 4.57 Å². The van der Waals surface area contributed by atoms with Gasteiger partial charge >= 0.3 is 0 Å². The standard InChI is InChI=1S/C20H16N/c1-21-15-13-20(14-16-21)19-11-9-18(10-12-19)8-7-17-5-3-2-4-6-17/h2-6,9-16H,1H3/q+1. The summed E-state index contributed by atoms with van der Waals surface area (Å²) in [5.41, 5.74) is 4.50. The van der Waals surface area contributed by atoms with E-state index in [-0.39, 0.29) is 0 Å². The first-order valence-corrected chi connectivity index (χ1v) is 6.94. The average molecular weight is 270 g/mol. The number of rotatable bonds is 1. The van der Waals surface area contributed by atoms with E-state index in [0.717, 1.165) is 11.1 Å². The third-order valence-corrected chi connectivity index (χ3v) is 3.32. The third kappa shape index (κ3) is 3.38. The molecule has 0 saturated carbocycles. The molecule has 1 heterocycles. The molecule has 2 aromatic carbocycles. The zero-order valence-electron chi connectivity index (χ0n) is 12.0. The van der Waals surface area contributed by atoms with Crippen molar-refractivity contribution in [2.75, 3.05) is 0 Å². The molecule has 0 atom stereocenters. The number of pyridine rings is 1. The van der Waals surface area contributed by atoms with Gasteiger partial charge in [-0.2, -0.15) is 0 Å². The van der Waals surface area contributed by atoms with E-state index in [4.69, 9.17) is 0 Å². The molecule has 1 nitrogen and oxygen atoms in total. The highest BCUT2D eigenvalue weighted by Gasteiger charge is 1.99. The van der Waals surface area contributed by atoms with Gasteiger partial charge in [0.15, 0.2) is 12.4 Å². The first-order chi connectivity index (χ1) is 10.3. The van der Waals surface area contributed by atoms with Crippen molar-refractivity contribution in [1.82, 2.24) is 0 Å². The molecule has 0 radical (unpaired) electrons. The van der Waals surface area contributed by atoms with Gasteiger partial charge in [-0.1, -0.05) is 42.2 Å². The van der Waals surface area contributed by atoms with Crippen LogP contribution >= 0.6 is 0 Å². The van der Waals surface area contributed by atoms with Crippen LogP contribution in [0.4, 0.5) is 0 Å². The van der Waals surface area contributed by atoms with Crippen LogP contribution in [0.1, 0.15) is 11.1 Å². The molecular weight excluding hydrogens is 254 g/mol. The maximum Gasteiger partial charge on any atom is 0.169 e. The molecule has 0 amide bonds. The highest BCUT2D eigenvalue weighted by Crippen LogP contribution is 2.18. The fourth-order valence-corrected chi connectivity index (χ4v) is 2.11. The monoisotopic (exact) mass is 270 g/mol. The van der Waals surface area contributed by atoms with E-state index in [1.807, 2.05) is 41.9 Å². The number of hydrogen-bond donors (Lipinski definition) is 0. The zero-order chi connectivity index (χ0) is 14.5. The van der Waals surface area contributed by atoms with Crippen LogP contribution in [0.5, 0.6) is 0 Å². The second-order valence-corrected chi connectivity index (χ2v) is 4.95. The molecule has 0 bridgehead atoms. The number of nitrogens with zero attached hydrogens (tertiary/aromatic N) is 1. The largest absolute Gasteiger partial charge is 0.208 e. The number of aryl methyl sites for hydroxylation is 1. The van der Waals surface area contributed by atoms with Gasteiger partial charge in [-0.25, -0.2) is 4.57 Å². The minimum atomic E-state index is 1.03. The van der Waals surface area contributed by atoms with Gasteiger partial charge in [0.25, 0.3) is 0 Å². The predicted octanol–water partition coefficient (Wildman–Crippen LogP) is 3.58. The Morgan fingerprint density at radius 2 is 1.14 bits per heavy atom. The third-order valence-electron chi connectivity index (χ3n) is 3.32. The molecule has 3 aromatic rings. The molecule has 0 saturated heterocycles. The Kier molecular flexibility index (Phi) is 3.80. The van der Waals surface area contributed by atoms with Crippen LogP contribution in [-0.4, -0.2) is 0 Å². The Balaban J connectivity index is 1.82. The highest BCUT2D eigenvalue weighted by molar-refractivity contribution is 5.63. The van der Waals surface area contributed by atoms with Crippen molar-refractivity contribution in [1.29, 1.82) is 0 Å². The predicted molar refractivity (Wildman–Crippen MR) is 85.5 cm³/mol. The molecule has 0 aliphatic heterocycles. The summed E-state index contributed by atoms with van der Waals surface area (Å²) in [5, 5.41) is 0. The summed E-state index contributed by atoms with van der Waals surface area (Å²) in [6, 6.07) is 22.6. The van der Waals surface area contributed by atoms with Crippen molar-refractivity contribution in [2.45, 2.75) is 0 Å². The maximum atomic E-state index is 3.19. The van der Waals surface area contributed by atoms with Crippen LogP contribution in [0.15, 0.2) is 79.1 Å². The lowest BCUT2D eigenvalue weighted by atomic mass is 10.1. The average Bonchev–Trinajstić information content (AvgIpc) is 2.55. The van der Waals surface area contributed by atoms with Gasteiger partial charge in [-0.15, -0.1) is 0 Å². The van der Waals surface area contributed by atoms with E-state index < -0.39 is 0 Å². The molecule has 0 spiro atoms. The van der Waals surface area contributed by atoms with Crippen molar-refractivity contribution in [3.63, 3.8) is 0 Å². The summed E-state index contributed by atoms with van der Waals surface area (Å²) >= 11 is 0. The Labute approximate surface area is 125 Å². The van der Waals surface area contributed by atoms with Gasteiger partial charge < -0.3 is 0 Å². The van der Waals surface area contributed by atoms with E-state index in [1.165, 1.54) is 11.1 Å². The summed E-state index contributed by atoms with van der Waals surface area (Å²) in [7, 11) is 2.02. The molecule has 3 rings (SSSR count). The molecular formula is C20H16N+. The van der Waals surface area contributed by atoms with Crippen molar-refractivity contribution in [3.05, 3.63) is 90.3 Å². The Bertz CT molecular complexity index is 773. The van der Waals surface area contributed by atoms with Crippen LogP contribution in [-0.2, 0) is 7.05 Å². The van der Waals surface area contributed by atoms with Crippen molar-refractivity contribution in [2.24, 2.45) is 7.05 Å². The molecule has 0 fully saturated rings. The van der Waals surface area contributed by atoms with Gasteiger partial charge in [-0.3, -0.25) is 0 Å². The number of benzene rings is 2. The van der Waals surface area contributed by atoms with Crippen molar-refractivity contribution in [3.8, 4) is 23.0 Å². The fourth-order valence-electron chi connectivity index (χ4n) is 2.11. The molecule has 1 heteroatoms. The van der Waals surface area contributed by atoms with E-state index in [0.29, 0.717) is 0 Å². The molecule has 0 N–H and O–H groups in total. The number of hydrogen-bond acceptors (Lipinski definition) is 0. The van der Waals surface area contributed by atoms with Crippen molar-refractivity contribution >= 4 is 0 Å². The van der Waals surface area contributed by atoms with Crippen LogP contribution in [0, 0.1) is 11.8 Å². The number of aromatic nitrogens is 1. The minimum absolute atomic E-state index is 1.03. The first-order valence-electron chi connectivity index (χ1n) is 6.94. The molecule has 21 heavy (non-hydrogen) atoms. The smallest absolute Gasteiger partial charge is 0.169 e. The van der Waals surface area contributed by atoms with Crippen LogP contribution in [0.25, 0.3) is 11.1 Å². The van der Waals surface area contributed by atoms with E-state index in [2.05, 4.69) is 60.6 Å². The summed E-state index contributed by atoms with van der Waals surface area (Å²) < 4.78 is 2.03. The van der Waals surface area contributed by atoms with Crippen LogP contribution in [0.2, 0.25) is 0 Å². The Morgan fingerprint density at radius 1 is 0.619 bits per heavy atom. The second-order valence-electron chi connectivity index (χ2n) is 4.95. The molecule has 0 aliphatic carbocycles. The van der Waals surface area contributed by atoms with Crippen molar-refractivity contribution < 1.29 is 4.57 Å². The normalized spacial score (nSPS) is 9.76. The van der Waals surface area contributed by atoms with E-state index >= 15 is 0 Å².